The van der Waals surface area contributed by atoms with Crippen LogP contribution in [-0.2, 0) is 9.47 Å². The average Bonchev–Trinajstić information content (AvgIpc) is 2.98. The maximum Gasteiger partial charge on any atom is 0.340 e. The standard InChI is InChI=1S/2C15H13N3O2/c2*1-2-20-15(19)12-9-18-14(17)11(8-16)13(12)10-6-4-3-5-7-10/h2*3-7,9H,2H2,1H3,(H2,17,18). The number of nitrogens with zero attached hydrogens (tertiary/aromatic N) is 4. The molecule has 2 aromatic heterocycles. The first-order valence-corrected chi connectivity index (χ1v) is 12.2. The lowest BCUT2D eigenvalue weighted by Gasteiger charge is -2.11. The fourth-order valence-corrected chi connectivity index (χ4v) is 3.81. The van der Waals surface area contributed by atoms with Crippen molar-refractivity contribution in [3.63, 3.8) is 0 Å². The molecule has 0 atom stereocenters. The molecule has 0 unspecified atom stereocenters. The largest absolute Gasteiger partial charge is 0.462 e. The highest BCUT2D eigenvalue weighted by Crippen LogP contribution is 2.31. The summed E-state index contributed by atoms with van der Waals surface area (Å²) in [6, 6.07) is 22.2. The molecule has 10 nitrogen and oxygen atoms in total. The van der Waals surface area contributed by atoms with Crippen LogP contribution in [0.5, 0.6) is 0 Å². The summed E-state index contributed by atoms with van der Waals surface area (Å²) in [6.07, 6.45) is 2.69. The Bertz CT molecular complexity index is 1470. The first kappa shape index (κ1) is 28.8. The summed E-state index contributed by atoms with van der Waals surface area (Å²) in [5, 5.41) is 18.5. The van der Waals surface area contributed by atoms with Gasteiger partial charge in [0.1, 0.15) is 34.9 Å². The zero-order valence-corrected chi connectivity index (χ0v) is 21.9. The number of rotatable bonds is 6. The van der Waals surface area contributed by atoms with Crippen LogP contribution in [0.15, 0.2) is 73.1 Å². The van der Waals surface area contributed by atoms with Crippen LogP contribution in [0.1, 0.15) is 45.7 Å². The molecule has 4 aromatic rings. The van der Waals surface area contributed by atoms with Crippen molar-refractivity contribution in [1.82, 2.24) is 9.97 Å². The minimum atomic E-state index is -0.518. The third-order valence-corrected chi connectivity index (χ3v) is 5.56. The molecule has 2 aromatic carbocycles. The second kappa shape index (κ2) is 13.7. The Kier molecular flexibility index (Phi) is 9.87. The summed E-state index contributed by atoms with van der Waals surface area (Å²) >= 11 is 0. The highest BCUT2D eigenvalue weighted by atomic mass is 16.5. The normalized spacial score (nSPS) is 9.80. The average molecular weight is 535 g/mol. The quantitative estimate of drug-likeness (QED) is 0.328. The van der Waals surface area contributed by atoms with E-state index < -0.39 is 11.9 Å². The van der Waals surface area contributed by atoms with Crippen LogP contribution in [0.4, 0.5) is 11.6 Å². The number of hydrogen-bond donors (Lipinski definition) is 2. The summed E-state index contributed by atoms with van der Waals surface area (Å²) in [6.45, 7) is 3.94. The maximum atomic E-state index is 12.0. The topological polar surface area (TPSA) is 178 Å². The van der Waals surface area contributed by atoms with Crippen molar-refractivity contribution in [1.29, 1.82) is 10.5 Å². The van der Waals surface area contributed by atoms with E-state index in [1.165, 1.54) is 12.4 Å². The fourth-order valence-electron chi connectivity index (χ4n) is 3.81. The van der Waals surface area contributed by atoms with Gasteiger partial charge < -0.3 is 20.9 Å². The number of pyridine rings is 2. The van der Waals surface area contributed by atoms with Crippen LogP contribution in [0, 0.1) is 22.7 Å². The fraction of sp³-hybridized carbons (Fsp3) is 0.133. The first-order valence-electron chi connectivity index (χ1n) is 12.2. The van der Waals surface area contributed by atoms with Crippen LogP contribution in [0.3, 0.4) is 0 Å². The van der Waals surface area contributed by atoms with Crippen molar-refractivity contribution in [2.45, 2.75) is 13.8 Å². The van der Waals surface area contributed by atoms with Gasteiger partial charge in [-0.1, -0.05) is 60.7 Å². The monoisotopic (exact) mass is 534 g/mol. The smallest absolute Gasteiger partial charge is 0.340 e. The SMILES string of the molecule is CCOC(=O)c1cnc(N)c(C#N)c1-c1ccccc1.CCOC(=O)c1cnc(N)c(C#N)c1-c1ccccc1. The van der Waals surface area contributed by atoms with E-state index in [4.69, 9.17) is 20.9 Å². The van der Waals surface area contributed by atoms with Gasteiger partial charge in [-0.05, 0) is 25.0 Å². The number of carbonyl (C=O) groups is 2. The van der Waals surface area contributed by atoms with Crippen LogP contribution in [0.25, 0.3) is 22.3 Å². The van der Waals surface area contributed by atoms with Gasteiger partial charge in [-0.2, -0.15) is 10.5 Å². The van der Waals surface area contributed by atoms with Crippen molar-refractivity contribution in [2.75, 3.05) is 24.7 Å². The number of esters is 2. The second-order valence-corrected chi connectivity index (χ2v) is 8.01. The van der Waals surface area contributed by atoms with Gasteiger partial charge in [-0.15, -0.1) is 0 Å². The number of anilines is 2. The zero-order valence-electron chi connectivity index (χ0n) is 21.9. The highest BCUT2D eigenvalue weighted by molar-refractivity contribution is 6.00. The van der Waals surface area contributed by atoms with Crippen LogP contribution in [0.2, 0.25) is 0 Å². The molecule has 4 rings (SSSR count). The number of benzene rings is 2. The van der Waals surface area contributed by atoms with E-state index in [1.54, 1.807) is 38.1 Å². The molecule has 0 aliphatic rings. The number of aromatic nitrogens is 2. The molecule has 0 radical (unpaired) electrons. The van der Waals surface area contributed by atoms with Gasteiger partial charge in [0.05, 0.1) is 24.3 Å². The highest BCUT2D eigenvalue weighted by Gasteiger charge is 2.21. The van der Waals surface area contributed by atoms with E-state index >= 15 is 0 Å². The molecule has 0 aliphatic carbocycles. The van der Waals surface area contributed by atoms with Crippen molar-refractivity contribution in [3.8, 4) is 34.4 Å². The molecular weight excluding hydrogens is 508 g/mol. The lowest BCUT2D eigenvalue weighted by atomic mass is 9.96. The number of carbonyl (C=O) groups excluding carboxylic acids is 2. The van der Waals surface area contributed by atoms with Crippen LogP contribution >= 0.6 is 0 Å². The van der Waals surface area contributed by atoms with E-state index in [9.17, 15) is 20.1 Å². The van der Waals surface area contributed by atoms with Crippen molar-refractivity contribution in [3.05, 3.63) is 95.3 Å². The first-order chi connectivity index (χ1) is 19.4. The maximum absolute atomic E-state index is 12.0. The van der Waals surface area contributed by atoms with Gasteiger partial charge in [0.2, 0.25) is 0 Å². The zero-order chi connectivity index (χ0) is 29.1. The molecule has 0 aliphatic heterocycles. The van der Waals surface area contributed by atoms with Gasteiger partial charge in [0.15, 0.2) is 0 Å². The summed E-state index contributed by atoms with van der Waals surface area (Å²) in [5.41, 5.74) is 14.7. The Hall–Kier alpha value is -5.74. The predicted molar refractivity (Wildman–Crippen MR) is 150 cm³/mol. The number of nitriles is 2. The molecule has 40 heavy (non-hydrogen) atoms. The minimum Gasteiger partial charge on any atom is -0.462 e. The summed E-state index contributed by atoms with van der Waals surface area (Å²) in [4.78, 5) is 31.8. The Labute approximate surface area is 231 Å². The number of hydrogen-bond acceptors (Lipinski definition) is 10. The lowest BCUT2D eigenvalue weighted by Crippen LogP contribution is -2.10. The van der Waals surface area contributed by atoms with E-state index in [0.717, 1.165) is 11.1 Å². The molecule has 0 saturated heterocycles. The molecule has 200 valence electrons. The Balaban J connectivity index is 0.000000220. The van der Waals surface area contributed by atoms with Crippen LogP contribution in [-0.4, -0.2) is 35.1 Å². The van der Waals surface area contributed by atoms with Gasteiger partial charge in [0.25, 0.3) is 0 Å². The van der Waals surface area contributed by atoms with Crippen molar-refractivity contribution < 1.29 is 19.1 Å². The predicted octanol–water partition coefficient (Wildman–Crippen LogP) is 4.76. The molecule has 2 heterocycles. The van der Waals surface area contributed by atoms with Crippen LogP contribution < -0.4 is 11.5 Å². The minimum absolute atomic E-state index is 0.0967. The molecule has 0 fully saturated rings. The van der Waals surface area contributed by atoms with Crippen molar-refractivity contribution in [2.24, 2.45) is 0 Å². The van der Waals surface area contributed by atoms with Crippen molar-refractivity contribution >= 4 is 23.6 Å². The van der Waals surface area contributed by atoms with Gasteiger partial charge in [-0.25, -0.2) is 19.6 Å². The van der Waals surface area contributed by atoms with Gasteiger partial charge >= 0.3 is 11.9 Å². The van der Waals surface area contributed by atoms with E-state index in [2.05, 4.69) is 9.97 Å². The number of nitrogens with two attached hydrogens (primary N) is 2. The van der Waals surface area contributed by atoms with Gasteiger partial charge in [0, 0.05) is 23.5 Å². The molecule has 0 spiro atoms. The Morgan fingerprint density at radius 3 is 1.35 bits per heavy atom. The van der Waals surface area contributed by atoms with Gasteiger partial charge in [-0.3, -0.25) is 0 Å². The number of ether oxygens (including phenoxy) is 2. The molecular formula is C30H26N6O4. The summed E-state index contributed by atoms with van der Waals surface area (Å²) in [7, 11) is 0. The summed E-state index contributed by atoms with van der Waals surface area (Å²) < 4.78 is 10.0. The summed E-state index contributed by atoms with van der Waals surface area (Å²) in [5.74, 6) is -0.843. The molecule has 0 saturated carbocycles. The Morgan fingerprint density at radius 2 is 1.05 bits per heavy atom. The van der Waals surface area contributed by atoms with E-state index in [0.29, 0.717) is 11.1 Å². The molecule has 0 bridgehead atoms. The lowest BCUT2D eigenvalue weighted by molar-refractivity contribution is 0.0517. The second-order valence-electron chi connectivity index (χ2n) is 8.01. The molecule has 4 N–H and O–H groups in total. The van der Waals surface area contributed by atoms with E-state index in [-0.39, 0.29) is 47.1 Å². The molecule has 0 amide bonds. The third-order valence-electron chi connectivity index (χ3n) is 5.56. The molecule has 10 heteroatoms. The Morgan fingerprint density at radius 1 is 0.700 bits per heavy atom. The number of nitrogen functional groups attached to an aromatic ring is 2. The third kappa shape index (κ3) is 6.39. The van der Waals surface area contributed by atoms with E-state index in [1.807, 2.05) is 48.5 Å².